The zero-order valence-electron chi connectivity index (χ0n) is 12.1. The summed E-state index contributed by atoms with van der Waals surface area (Å²) in [6.07, 6.45) is 1.68. The van der Waals surface area contributed by atoms with Crippen molar-refractivity contribution in [3.63, 3.8) is 0 Å². The highest BCUT2D eigenvalue weighted by Gasteiger charge is 2.21. The predicted octanol–water partition coefficient (Wildman–Crippen LogP) is -0.0509. The van der Waals surface area contributed by atoms with Crippen molar-refractivity contribution in [2.24, 2.45) is 0 Å². The molecule has 11 nitrogen and oxygen atoms in total. The van der Waals surface area contributed by atoms with E-state index in [1.54, 1.807) is 0 Å². The van der Waals surface area contributed by atoms with E-state index in [0.717, 1.165) is 36.5 Å². The maximum absolute atomic E-state index is 12.9. The number of aromatic nitrogens is 7. The van der Waals surface area contributed by atoms with Crippen LogP contribution in [-0.4, -0.2) is 54.3 Å². The number of carbonyl (C=O) groups is 1. The van der Waals surface area contributed by atoms with Gasteiger partial charge in [-0.1, -0.05) is 4.20 Å². The number of hydrogen-bond acceptors (Lipinski definition) is 9. The summed E-state index contributed by atoms with van der Waals surface area (Å²) in [6.45, 7) is 0. The first-order valence-corrected chi connectivity index (χ1v) is 7.94. The largest absolute Gasteiger partial charge is 0.505 e. The number of H-pyrrole nitrogens is 1. The van der Waals surface area contributed by atoms with Crippen LogP contribution in [0.15, 0.2) is 41.4 Å². The average molecular weight is 365 g/mol. The molecular formula is C12H8FN7O4S. The second-order valence-electron chi connectivity index (χ2n) is 4.54. The number of carbonyl (C=O) groups excluding carboxylic acids is 1. The summed E-state index contributed by atoms with van der Waals surface area (Å²) in [7, 11) is -4.18. The highest BCUT2D eigenvalue weighted by atomic mass is 32.2. The van der Waals surface area contributed by atoms with Gasteiger partial charge < -0.3 is 5.11 Å². The van der Waals surface area contributed by atoms with Crippen LogP contribution in [0.3, 0.4) is 0 Å². The average Bonchev–Trinajstić information content (AvgIpc) is 3.27. The lowest BCUT2D eigenvalue weighted by atomic mass is 10.3. The van der Waals surface area contributed by atoms with E-state index < -0.39 is 27.4 Å². The van der Waals surface area contributed by atoms with Crippen LogP contribution >= 0.6 is 0 Å². The minimum Gasteiger partial charge on any atom is -0.505 e. The number of aliphatic hydroxyl groups excluding tert-OH is 1. The fourth-order valence-electron chi connectivity index (χ4n) is 1.71. The fourth-order valence-corrected chi connectivity index (χ4v) is 2.75. The Bertz CT molecular complexity index is 1040. The van der Waals surface area contributed by atoms with E-state index in [0.29, 0.717) is 4.20 Å². The van der Waals surface area contributed by atoms with Gasteiger partial charge in [0.05, 0.1) is 11.1 Å². The molecule has 13 heteroatoms. The summed E-state index contributed by atoms with van der Waals surface area (Å²) in [5, 5.41) is 29.1. The Balaban J connectivity index is 1.89. The number of benzene rings is 1. The van der Waals surface area contributed by atoms with Gasteiger partial charge in [-0.05, 0) is 29.5 Å². The van der Waals surface area contributed by atoms with Gasteiger partial charge in [0, 0.05) is 6.08 Å². The van der Waals surface area contributed by atoms with Crippen molar-refractivity contribution in [1.82, 2.24) is 35.0 Å². The molecule has 0 aliphatic heterocycles. The minimum atomic E-state index is -4.18. The summed E-state index contributed by atoms with van der Waals surface area (Å²) in [6, 6.07) is 4.03. The normalized spacial score (nSPS) is 12.3. The fraction of sp³-hybridized carbons (Fsp3) is 0. The number of hydrogen-bond donors (Lipinski definition) is 2. The van der Waals surface area contributed by atoms with Crippen molar-refractivity contribution >= 4 is 21.6 Å². The molecule has 128 valence electrons. The first-order valence-electron chi connectivity index (χ1n) is 6.50. The quantitative estimate of drug-likeness (QED) is 0.359. The molecule has 0 saturated carbocycles. The number of halogens is 1. The molecule has 0 aliphatic carbocycles. The standard InChI is InChI=1S/C12H8FN7O4S/c13-7-1-3-8(4-2-7)25(23,24)20-14-6-9(17-20)10(21)5-11(22)12-15-18-19-16-12/h1-6,21H,(H,15,16,18,19). The molecule has 0 amide bonds. The van der Waals surface area contributed by atoms with Gasteiger partial charge >= 0.3 is 0 Å². The number of ketones is 1. The Kier molecular flexibility index (Phi) is 4.06. The molecule has 0 unspecified atom stereocenters. The number of nitrogens with one attached hydrogen (secondary N) is 1. The molecule has 0 saturated heterocycles. The third kappa shape index (κ3) is 3.25. The summed E-state index contributed by atoms with van der Waals surface area (Å²) in [5.74, 6) is -2.32. The molecule has 2 N–H and O–H groups in total. The zero-order valence-corrected chi connectivity index (χ0v) is 12.9. The Morgan fingerprint density at radius 2 is 2.00 bits per heavy atom. The number of aliphatic hydroxyl groups is 1. The number of nitrogens with zero attached hydrogens (tertiary/aromatic N) is 6. The van der Waals surface area contributed by atoms with Crippen molar-refractivity contribution in [3.05, 3.63) is 53.9 Å². The molecule has 25 heavy (non-hydrogen) atoms. The number of rotatable bonds is 5. The Morgan fingerprint density at radius 3 is 2.64 bits per heavy atom. The molecule has 1 aromatic carbocycles. The van der Waals surface area contributed by atoms with E-state index >= 15 is 0 Å². The van der Waals surface area contributed by atoms with Crippen molar-refractivity contribution in [2.45, 2.75) is 4.90 Å². The van der Waals surface area contributed by atoms with Gasteiger partial charge in [0.15, 0.2) is 0 Å². The maximum Gasteiger partial charge on any atom is 0.299 e. The Morgan fingerprint density at radius 1 is 1.28 bits per heavy atom. The molecule has 2 heterocycles. The lowest BCUT2D eigenvalue weighted by Gasteiger charge is -2.02. The predicted molar refractivity (Wildman–Crippen MR) is 78.1 cm³/mol. The summed E-state index contributed by atoms with van der Waals surface area (Å²) in [5.41, 5.74) is -0.275. The first-order chi connectivity index (χ1) is 11.9. The van der Waals surface area contributed by atoms with Gasteiger partial charge in [-0.3, -0.25) is 4.79 Å². The van der Waals surface area contributed by atoms with Crippen LogP contribution in [0.2, 0.25) is 0 Å². The van der Waals surface area contributed by atoms with Gasteiger partial charge in [-0.25, -0.2) is 4.39 Å². The topological polar surface area (TPSA) is 157 Å². The summed E-state index contributed by atoms with van der Waals surface area (Å²) >= 11 is 0. The smallest absolute Gasteiger partial charge is 0.299 e. The van der Waals surface area contributed by atoms with Crippen LogP contribution in [0.5, 0.6) is 0 Å². The monoisotopic (exact) mass is 365 g/mol. The van der Waals surface area contributed by atoms with Gasteiger partial charge in [-0.2, -0.15) is 13.6 Å². The lowest BCUT2D eigenvalue weighted by molar-refractivity contribution is 0.103. The van der Waals surface area contributed by atoms with Gasteiger partial charge in [0.2, 0.25) is 11.6 Å². The van der Waals surface area contributed by atoms with E-state index in [2.05, 4.69) is 30.8 Å². The molecule has 0 atom stereocenters. The van der Waals surface area contributed by atoms with Crippen LogP contribution in [0.1, 0.15) is 16.3 Å². The van der Waals surface area contributed by atoms with Gasteiger partial charge in [0.25, 0.3) is 10.0 Å². The van der Waals surface area contributed by atoms with Crippen LogP contribution in [0, 0.1) is 5.82 Å². The third-order valence-corrected chi connectivity index (χ3v) is 4.37. The molecule has 0 aliphatic rings. The molecule has 3 aromatic rings. The van der Waals surface area contributed by atoms with Crippen molar-refractivity contribution in [2.75, 3.05) is 0 Å². The van der Waals surface area contributed by atoms with E-state index in [1.165, 1.54) is 0 Å². The molecule has 0 fully saturated rings. The summed E-state index contributed by atoms with van der Waals surface area (Å²) in [4.78, 5) is 11.5. The van der Waals surface area contributed by atoms with Crippen molar-refractivity contribution < 1.29 is 22.7 Å². The number of tetrazole rings is 1. The van der Waals surface area contributed by atoms with Gasteiger partial charge in [0.1, 0.15) is 17.3 Å². The Hall–Kier alpha value is -3.48. The molecular weight excluding hydrogens is 357 g/mol. The highest BCUT2D eigenvalue weighted by molar-refractivity contribution is 7.89. The van der Waals surface area contributed by atoms with E-state index in [-0.39, 0.29) is 16.4 Å². The maximum atomic E-state index is 12.9. The van der Waals surface area contributed by atoms with E-state index in [9.17, 15) is 22.7 Å². The van der Waals surface area contributed by atoms with Crippen LogP contribution in [0.25, 0.3) is 5.76 Å². The summed E-state index contributed by atoms with van der Waals surface area (Å²) < 4.78 is 37.9. The highest BCUT2D eigenvalue weighted by Crippen LogP contribution is 2.14. The zero-order chi connectivity index (χ0) is 18.0. The number of aromatic amines is 1. The first kappa shape index (κ1) is 16.4. The lowest BCUT2D eigenvalue weighted by Crippen LogP contribution is -2.16. The second kappa shape index (κ2) is 6.20. The molecule has 2 aromatic heterocycles. The second-order valence-corrected chi connectivity index (χ2v) is 6.29. The molecule has 0 bridgehead atoms. The van der Waals surface area contributed by atoms with E-state index in [1.807, 2.05) is 0 Å². The SMILES string of the molecule is O=C(C=C(O)c1cnn(S(=O)(=O)c2ccc(F)cc2)n1)c1nn[nH]n1. The van der Waals surface area contributed by atoms with Crippen molar-refractivity contribution in [3.8, 4) is 0 Å². The van der Waals surface area contributed by atoms with Crippen molar-refractivity contribution in [1.29, 1.82) is 0 Å². The molecule has 0 spiro atoms. The van der Waals surface area contributed by atoms with Crippen LogP contribution in [-0.2, 0) is 10.0 Å². The van der Waals surface area contributed by atoms with E-state index in [4.69, 9.17) is 0 Å². The Labute approximate surface area is 138 Å². The molecule has 0 radical (unpaired) electrons. The van der Waals surface area contributed by atoms with Crippen LogP contribution < -0.4 is 0 Å². The number of allylic oxidation sites excluding steroid dienone is 1. The van der Waals surface area contributed by atoms with Gasteiger partial charge in [-0.15, -0.1) is 20.4 Å². The third-order valence-electron chi connectivity index (χ3n) is 2.89. The minimum absolute atomic E-state index is 0.248. The van der Waals surface area contributed by atoms with Crippen LogP contribution in [0.4, 0.5) is 4.39 Å². The molecule has 3 rings (SSSR count).